The molecule has 10 heavy (non-hydrogen) atoms. The quantitative estimate of drug-likeness (QED) is 0.461. The molecule has 0 aromatic rings. The summed E-state index contributed by atoms with van der Waals surface area (Å²) in [5.74, 6) is 1.23. The number of allylic oxidation sites excluding steroid dienone is 2. The second-order valence-corrected chi connectivity index (χ2v) is 3.11. The van der Waals surface area contributed by atoms with Gasteiger partial charge in [-0.1, -0.05) is 25.2 Å². The van der Waals surface area contributed by atoms with Crippen LogP contribution in [0.5, 0.6) is 0 Å². The summed E-state index contributed by atoms with van der Waals surface area (Å²) >= 11 is 0. The standard InChI is InChI=1S/C9H12O/c1-7-2-3-8-5-10-6-9(8)4-7/h2-4,7-8H,5-6H2,1H3/t7-,8?/m1/s1. The van der Waals surface area contributed by atoms with Crippen LogP contribution < -0.4 is 0 Å². The minimum Gasteiger partial charge on any atom is -0.376 e. The van der Waals surface area contributed by atoms with E-state index in [-0.39, 0.29) is 0 Å². The Labute approximate surface area is 61.4 Å². The monoisotopic (exact) mass is 136 g/mol. The second-order valence-electron chi connectivity index (χ2n) is 3.11. The fourth-order valence-electron chi connectivity index (χ4n) is 1.57. The Hall–Kier alpha value is -0.560. The Bertz CT molecular complexity index is 191. The Morgan fingerprint density at radius 3 is 3.30 bits per heavy atom. The van der Waals surface area contributed by atoms with Crippen LogP contribution in [0, 0.1) is 11.8 Å². The lowest BCUT2D eigenvalue weighted by Gasteiger charge is -2.12. The summed E-state index contributed by atoms with van der Waals surface area (Å²) in [5, 5.41) is 0. The number of hydrogen-bond acceptors (Lipinski definition) is 1. The lowest BCUT2D eigenvalue weighted by molar-refractivity contribution is 0.195. The van der Waals surface area contributed by atoms with Crippen LogP contribution in [-0.2, 0) is 4.74 Å². The molecule has 1 nitrogen and oxygen atoms in total. The minimum absolute atomic E-state index is 0.608. The van der Waals surface area contributed by atoms with Gasteiger partial charge in [0.05, 0.1) is 13.2 Å². The predicted octanol–water partition coefficient (Wildman–Crippen LogP) is 1.77. The largest absolute Gasteiger partial charge is 0.376 e. The molecule has 1 fully saturated rings. The van der Waals surface area contributed by atoms with Gasteiger partial charge >= 0.3 is 0 Å². The van der Waals surface area contributed by atoms with Crippen molar-refractivity contribution in [3.63, 3.8) is 0 Å². The van der Waals surface area contributed by atoms with Crippen molar-refractivity contribution < 1.29 is 4.74 Å². The lowest BCUT2D eigenvalue weighted by atomic mass is 9.92. The van der Waals surface area contributed by atoms with E-state index >= 15 is 0 Å². The van der Waals surface area contributed by atoms with Crippen molar-refractivity contribution in [2.75, 3.05) is 13.2 Å². The van der Waals surface area contributed by atoms with Gasteiger partial charge in [-0.3, -0.25) is 0 Å². The molecule has 0 amide bonds. The van der Waals surface area contributed by atoms with E-state index in [1.54, 1.807) is 0 Å². The van der Waals surface area contributed by atoms with Gasteiger partial charge in [0.1, 0.15) is 0 Å². The number of hydrogen-bond donors (Lipinski definition) is 0. The molecule has 2 aliphatic rings. The first-order valence-electron chi connectivity index (χ1n) is 3.83. The summed E-state index contributed by atoms with van der Waals surface area (Å²) in [6, 6.07) is 0. The zero-order valence-electron chi connectivity index (χ0n) is 6.21. The molecule has 0 radical (unpaired) electrons. The molecule has 0 bridgehead atoms. The predicted molar refractivity (Wildman–Crippen MR) is 40.7 cm³/mol. The third-order valence-electron chi connectivity index (χ3n) is 2.17. The van der Waals surface area contributed by atoms with Crippen molar-refractivity contribution in [1.29, 1.82) is 0 Å². The van der Waals surface area contributed by atoms with Gasteiger partial charge < -0.3 is 4.74 Å². The molecule has 0 saturated carbocycles. The van der Waals surface area contributed by atoms with Gasteiger partial charge in [-0.25, -0.2) is 0 Å². The van der Waals surface area contributed by atoms with Crippen molar-refractivity contribution in [3.05, 3.63) is 23.8 Å². The van der Waals surface area contributed by atoms with Crippen molar-refractivity contribution >= 4 is 0 Å². The fourth-order valence-corrected chi connectivity index (χ4v) is 1.57. The summed E-state index contributed by atoms with van der Waals surface area (Å²) in [6.45, 7) is 3.96. The average molecular weight is 136 g/mol. The number of ether oxygens (including phenoxy) is 1. The molecular formula is C9H12O. The van der Waals surface area contributed by atoms with Gasteiger partial charge in [-0.2, -0.15) is 0 Å². The molecule has 0 aromatic carbocycles. The molecule has 2 rings (SSSR count). The topological polar surface area (TPSA) is 9.23 Å². The minimum atomic E-state index is 0.608. The van der Waals surface area contributed by atoms with Gasteiger partial charge in [-0.15, -0.1) is 0 Å². The van der Waals surface area contributed by atoms with E-state index in [1.807, 2.05) is 0 Å². The first-order chi connectivity index (χ1) is 4.86. The van der Waals surface area contributed by atoms with Crippen LogP contribution in [0.25, 0.3) is 0 Å². The molecule has 1 saturated heterocycles. The smallest absolute Gasteiger partial charge is 0.0684 e. The Morgan fingerprint density at radius 1 is 1.50 bits per heavy atom. The van der Waals surface area contributed by atoms with Gasteiger partial charge in [0.25, 0.3) is 0 Å². The second kappa shape index (κ2) is 2.24. The molecule has 1 heterocycles. The third-order valence-corrected chi connectivity index (χ3v) is 2.17. The number of rotatable bonds is 0. The summed E-state index contributed by atoms with van der Waals surface area (Å²) < 4.78 is 5.32. The molecule has 1 heteroatoms. The first-order valence-corrected chi connectivity index (χ1v) is 3.83. The zero-order chi connectivity index (χ0) is 6.97. The van der Waals surface area contributed by atoms with E-state index in [2.05, 4.69) is 25.2 Å². The first kappa shape index (κ1) is 6.17. The van der Waals surface area contributed by atoms with E-state index in [1.165, 1.54) is 5.57 Å². The maximum absolute atomic E-state index is 5.32. The van der Waals surface area contributed by atoms with Crippen molar-refractivity contribution in [1.82, 2.24) is 0 Å². The highest BCUT2D eigenvalue weighted by Crippen LogP contribution is 2.27. The van der Waals surface area contributed by atoms with Crippen LogP contribution in [0.4, 0.5) is 0 Å². The van der Waals surface area contributed by atoms with Gasteiger partial charge in [-0.05, 0) is 11.5 Å². The fraction of sp³-hybridized carbons (Fsp3) is 0.556. The summed E-state index contributed by atoms with van der Waals surface area (Å²) in [5.41, 5.74) is 1.48. The van der Waals surface area contributed by atoms with Crippen molar-refractivity contribution in [2.24, 2.45) is 11.8 Å². The van der Waals surface area contributed by atoms with E-state index in [4.69, 9.17) is 4.74 Å². The van der Waals surface area contributed by atoms with Crippen LogP contribution in [0.1, 0.15) is 6.92 Å². The number of fused-ring (bicyclic) bond motifs is 1. The van der Waals surface area contributed by atoms with E-state index in [9.17, 15) is 0 Å². The van der Waals surface area contributed by atoms with E-state index < -0.39 is 0 Å². The summed E-state index contributed by atoms with van der Waals surface area (Å²) in [7, 11) is 0. The van der Waals surface area contributed by atoms with Gasteiger partial charge in [0, 0.05) is 5.92 Å². The third kappa shape index (κ3) is 0.907. The highest BCUT2D eigenvalue weighted by Gasteiger charge is 2.21. The molecule has 1 aliphatic heterocycles. The molecule has 2 atom stereocenters. The summed E-state index contributed by atoms with van der Waals surface area (Å²) in [4.78, 5) is 0. The van der Waals surface area contributed by atoms with E-state index in [0.717, 1.165) is 13.2 Å². The Kier molecular flexibility index (Phi) is 1.38. The van der Waals surface area contributed by atoms with Crippen LogP contribution in [-0.4, -0.2) is 13.2 Å². The molecule has 0 aromatic heterocycles. The highest BCUT2D eigenvalue weighted by atomic mass is 16.5. The van der Waals surface area contributed by atoms with Crippen LogP contribution in [0.15, 0.2) is 23.8 Å². The molecule has 1 aliphatic carbocycles. The van der Waals surface area contributed by atoms with Crippen LogP contribution in [0.3, 0.4) is 0 Å². The van der Waals surface area contributed by atoms with Crippen LogP contribution in [0.2, 0.25) is 0 Å². The SMILES string of the molecule is C[C@@H]1C=CC2COCC2=C1. The maximum atomic E-state index is 5.32. The normalized spacial score (nSPS) is 37.5. The Morgan fingerprint density at radius 2 is 2.40 bits per heavy atom. The molecule has 0 spiro atoms. The average Bonchev–Trinajstić information content (AvgIpc) is 2.33. The zero-order valence-corrected chi connectivity index (χ0v) is 6.21. The summed E-state index contributed by atoms with van der Waals surface area (Å²) in [6.07, 6.45) is 6.84. The maximum Gasteiger partial charge on any atom is 0.0684 e. The van der Waals surface area contributed by atoms with Crippen molar-refractivity contribution in [2.45, 2.75) is 6.92 Å². The van der Waals surface area contributed by atoms with E-state index in [0.29, 0.717) is 11.8 Å². The molecular weight excluding hydrogens is 124 g/mol. The molecule has 54 valence electrons. The lowest BCUT2D eigenvalue weighted by Crippen LogP contribution is -2.04. The van der Waals surface area contributed by atoms with Gasteiger partial charge in [0.2, 0.25) is 0 Å². The van der Waals surface area contributed by atoms with Gasteiger partial charge in [0.15, 0.2) is 0 Å². The van der Waals surface area contributed by atoms with Crippen LogP contribution >= 0.6 is 0 Å². The Balaban J connectivity index is 2.22. The molecule has 1 unspecified atom stereocenters. The van der Waals surface area contributed by atoms with Crippen molar-refractivity contribution in [3.8, 4) is 0 Å². The highest BCUT2D eigenvalue weighted by molar-refractivity contribution is 5.24. The molecule has 0 N–H and O–H groups in total.